The van der Waals surface area contributed by atoms with Crippen LogP contribution in [-0.4, -0.2) is 12.6 Å². The molecule has 50 heavy (non-hydrogen) atoms. The topological polar surface area (TPSA) is 37.4 Å². The molecule has 0 spiro atoms. The quantitative estimate of drug-likeness (QED) is 0.101. The number of rotatable bonds is 6. The van der Waals surface area contributed by atoms with E-state index in [1.165, 1.54) is 20.7 Å². The van der Waals surface area contributed by atoms with Gasteiger partial charge in [0.1, 0.15) is 0 Å². The lowest BCUT2D eigenvalue weighted by Crippen LogP contribution is -2.74. The minimum absolute atomic E-state index is 0.532. The van der Waals surface area contributed by atoms with Crippen molar-refractivity contribution in [2.75, 3.05) is 0 Å². The summed E-state index contributed by atoms with van der Waals surface area (Å²) in [6, 6.07) is 61.0. The van der Waals surface area contributed by atoms with Gasteiger partial charge in [0.05, 0.1) is 35.8 Å². The lowest BCUT2D eigenvalue weighted by atomic mass is 10.0. The van der Waals surface area contributed by atoms with Crippen molar-refractivity contribution in [2.24, 2.45) is 0 Å². The summed E-state index contributed by atoms with van der Waals surface area (Å²) in [7, 11) is -2.67. The average Bonchev–Trinajstić information content (AvgIpc) is 3.52. The van der Waals surface area contributed by atoms with Crippen LogP contribution in [0.1, 0.15) is 5.56 Å². The predicted molar refractivity (Wildman–Crippen MR) is 207 cm³/mol. The Bertz CT molecular complexity index is 2490. The number of hydrogen-bond acceptors (Lipinski definition) is 1. The molecule has 0 aliphatic heterocycles. The molecule has 232 valence electrons. The van der Waals surface area contributed by atoms with Crippen LogP contribution in [0, 0.1) is 24.5 Å². The maximum Gasteiger partial charge on any atom is 0.189 e. The number of benzene rings is 7. The Morgan fingerprint density at radius 1 is 0.480 bits per heavy atom. The first-order valence-electron chi connectivity index (χ1n) is 16.3. The minimum atomic E-state index is -2.67. The van der Waals surface area contributed by atoms with E-state index < -0.39 is 8.07 Å². The fourth-order valence-electron chi connectivity index (χ4n) is 7.36. The van der Waals surface area contributed by atoms with Crippen LogP contribution >= 0.6 is 0 Å². The first-order valence-corrected chi connectivity index (χ1v) is 18.3. The van der Waals surface area contributed by atoms with E-state index in [0.29, 0.717) is 16.9 Å². The Kier molecular flexibility index (Phi) is 7.63. The van der Waals surface area contributed by atoms with Crippen LogP contribution < -0.4 is 20.7 Å². The van der Waals surface area contributed by atoms with E-state index in [1.807, 2.05) is 48.5 Å². The van der Waals surface area contributed by atoms with Gasteiger partial charge in [0.2, 0.25) is 0 Å². The van der Waals surface area contributed by atoms with Crippen molar-refractivity contribution < 1.29 is 0 Å². The Labute approximate surface area is 292 Å². The third kappa shape index (κ3) is 4.97. The zero-order valence-corrected chi connectivity index (χ0v) is 28.0. The Balaban J connectivity index is 1.32. The third-order valence-corrected chi connectivity index (χ3v) is 14.4. The van der Waals surface area contributed by atoms with Gasteiger partial charge in [-0.3, -0.25) is 0 Å². The number of nitrogens with zero attached hydrogens (tertiary/aromatic N) is 4. The number of hydrogen-bond donors (Lipinski definition) is 0. The SMILES string of the molecule is [C-]#[N+]c1cc(-c2ccc([Si](c3ccccc3)(c3ccccc3)c3ccccc3)cc2)cc(-n2c3ccc(C#N)cc3c3cc([N+]#[C-])ccc32)c1. The summed E-state index contributed by atoms with van der Waals surface area (Å²) in [4.78, 5) is 7.53. The molecule has 0 aliphatic rings. The monoisotopic (exact) mass is 652 g/mol. The zero-order valence-electron chi connectivity index (χ0n) is 27.0. The highest BCUT2D eigenvalue weighted by atomic mass is 28.3. The van der Waals surface area contributed by atoms with E-state index >= 15 is 0 Å². The minimum Gasteiger partial charge on any atom is -0.311 e. The van der Waals surface area contributed by atoms with Gasteiger partial charge in [-0.25, -0.2) is 9.69 Å². The van der Waals surface area contributed by atoms with Crippen LogP contribution in [0.5, 0.6) is 0 Å². The number of fused-ring (bicyclic) bond motifs is 3. The van der Waals surface area contributed by atoms with Crippen LogP contribution in [0.4, 0.5) is 11.4 Å². The van der Waals surface area contributed by atoms with Crippen LogP contribution in [0.15, 0.2) is 170 Å². The Hall–Kier alpha value is -6.97. The van der Waals surface area contributed by atoms with Gasteiger partial charge in [0.25, 0.3) is 0 Å². The Morgan fingerprint density at radius 2 is 1.00 bits per heavy atom. The summed E-state index contributed by atoms with van der Waals surface area (Å²) in [6.07, 6.45) is 0. The molecule has 0 bridgehead atoms. The molecule has 8 aromatic rings. The summed E-state index contributed by atoms with van der Waals surface area (Å²) in [5.41, 5.74) is 6.25. The molecular weight excluding hydrogens is 625 g/mol. The standard InChI is InChI=1S/C45H28N4Si/c1-47-35-21-25-45-43(30-35)42-26-32(31-46)18-24-44(42)49(45)37-28-34(27-36(29-37)48-2)33-19-22-41(23-20-33)50(38-12-6-3-7-13-38,39-14-8-4-9-15-39)40-16-10-5-11-17-40/h3-30H. The second kappa shape index (κ2) is 12.6. The normalized spacial score (nSPS) is 11.1. The van der Waals surface area contributed by atoms with Gasteiger partial charge in [0, 0.05) is 11.1 Å². The van der Waals surface area contributed by atoms with Crippen molar-refractivity contribution in [1.29, 1.82) is 5.26 Å². The molecule has 1 heterocycles. The fourth-order valence-corrected chi connectivity index (χ4v) is 12.1. The number of nitriles is 1. The highest BCUT2D eigenvalue weighted by Crippen LogP contribution is 2.37. The molecular formula is C45H28N4Si. The van der Waals surface area contributed by atoms with Gasteiger partial charge in [-0.15, -0.1) is 0 Å². The van der Waals surface area contributed by atoms with Crippen molar-refractivity contribution in [1.82, 2.24) is 4.57 Å². The van der Waals surface area contributed by atoms with Gasteiger partial charge in [-0.1, -0.05) is 121 Å². The summed E-state index contributed by atoms with van der Waals surface area (Å²) in [5.74, 6) is 0. The molecule has 0 amide bonds. The van der Waals surface area contributed by atoms with E-state index in [0.717, 1.165) is 38.6 Å². The third-order valence-electron chi connectivity index (χ3n) is 9.57. The smallest absolute Gasteiger partial charge is 0.189 e. The van der Waals surface area contributed by atoms with Crippen LogP contribution in [0.25, 0.3) is 48.3 Å². The molecule has 5 heteroatoms. The van der Waals surface area contributed by atoms with Crippen molar-refractivity contribution in [3.8, 4) is 22.9 Å². The first-order chi connectivity index (χ1) is 24.6. The average molecular weight is 653 g/mol. The van der Waals surface area contributed by atoms with Crippen LogP contribution in [-0.2, 0) is 0 Å². The summed E-state index contributed by atoms with van der Waals surface area (Å²) < 4.78 is 2.13. The highest BCUT2D eigenvalue weighted by Gasteiger charge is 2.41. The summed E-state index contributed by atoms with van der Waals surface area (Å²) in [6.45, 7) is 15.6. The second-order valence-electron chi connectivity index (χ2n) is 12.3. The molecule has 0 fully saturated rings. The van der Waals surface area contributed by atoms with Crippen molar-refractivity contribution >= 4 is 62.0 Å². The van der Waals surface area contributed by atoms with E-state index in [-0.39, 0.29) is 0 Å². The molecule has 4 nitrogen and oxygen atoms in total. The van der Waals surface area contributed by atoms with E-state index in [9.17, 15) is 5.26 Å². The first kappa shape index (κ1) is 30.4. The predicted octanol–water partition coefficient (Wildman–Crippen LogP) is 8.80. The molecule has 0 saturated heterocycles. The molecule has 0 atom stereocenters. The number of aromatic nitrogens is 1. The van der Waals surface area contributed by atoms with Crippen molar-refractivity contribution in [2.45, 2.75) is 0 Å². The molecule has 7 aromatic carbocycles. The fraction of sp³-hybridized carbons (Fsp3) is 0. The van der Waals surface area contributed by atoms with Gasteiger partial charge in [-0.2, -0.15) is 5.26 Å². The second-order valence-corrected chi connectivity index (χ2v) is 16.1. The molecule has 0 radical (unpaired) electrons. The molecule has 8 rings (SSSR count). The van der Waals surface area contributed by atoms with Gasteiger partial charge in [0.15, 0.2) is 19.4 Å². The van der Waals surface area contributed by atoms with E-state index in [1.54, 1.807) is 0 Å². The van der Waals surface area contributed by atoms with Crippen molar-refractivity contribution in [3.63, 3.8) is 0 Å². The van der Waals surface area contributed by atoms with Gasteiger partial charge < -0.3 is 4.57 Å². The molecule has 0 aliphatic carbocycles. The largest absolute Gasteiger partial charge is 0.311 e. The lowest BCUT2D eigenvalue weighted by molar-refractivity contribution is 1.18. The molecule has 1 aromatic heterocycles. The summed E-state index contributed by atoms with van der Waals surface area (Å²) >= 11 is 0. The molecule has 0 saturated carbocycles. The Morgan fingerprint density at radius 3 is 1.54 bits per heavy atom. The maximum atomic E-state index is 9.65. The van der Waals surface area contributed by atoms with Gasteiger partial charge in [-0.05, 0) is 85.8 Å². The lowest BCUT2D eigenvalue weighted by Gasteiger charge is -2.34. The van der Waals surface area contributed by atoms with E-state index in [4.69, 9.17) is 13.1 Å². The highest BCUT2D eigenvalue weighted by molar-refractivity contribution is 7.19. The molecule has 0 unspecified atom stereocenters. The molecule has 0 N–H and O–H groups in total. The van der Waals surface area contributed by atoms with Crippen LogP contribution in [0.2, 0.25) is 0 Å². The van der Waals surface area contributed by atoms with E-state index in [2.05, 4.69) is 142 Å². The maximum absolute atomic E-state index is 9.65. The zero-order chi connectivity index (χ0) is 34.1. The van der Waals surface area contributed by atoms with Gasteiger partial charge >= 0.3 is 0 Å². The summed E-state index contributed by atoms with van der Waals surface area (Å²) in [5, 5.41) is 16.7. The van der Waals surface area contributed by atoms with Crippen LogP contribution in [0.3, 0.4) is 0 Å². The van der Waals surface area contributed by atoms with Crippen molar-refractivity contribution in [3.05, 3.63) is 198 Å².